The Balaban J connectivity index is 2.21. The van der Waals surface area contributed by atoms with Crippen molar-refractivity contribution in [1.82, 2.24) is 0 Å². The first kappa shape index (κ1) is 15.5. The van der Waals surface area contributed by atoms with Crippen LogP contribution in [0, 0.1) is 0 Å². The number of benzene rings is 2. The number of carbonyl (C=O) groups excluding carboxylic acids is 2. The van der Waals surface area contributed by atoms with E-state index in [1.807, 2.05) is 0 Å². The molecule has 3 rings (SSSR count). The first-order valence-corrected chi connectivity index (χ1v) is 7.90. The number of hydrogen-bond donors (Lipinski definition) is 0. The van der Waals surface area contributed by atoms with Crippen LogP contribution < -0.4 is 0 Å². The van der Waals surface area contributed by atoms with Gasteiger partial charge >= 0.3 is 11.9 Å². The highest BCUT2D eigenvalue weighted by molar-refractivity contribution is 6.07. The lowest BCUT2D eigenvalue weighted by atomic mass is 9.94. The van der Waals surface area contributed by atoms with E-state index in [1.54, 1.807) is 12.1 Å². The fourth-order valence-corrected chi connectivity index (χ4v) is 3.27. The summed E-state index contributed by atoms with van der Waals surface area (Å²) in [6.07, 6.45) is 5.77. The summed E-state index contributed by atoms with van der Waals surface area (Å²) in [4.78, 5) is 24.0. The van der Waals surface area contributed by atoms with Crippen LogP contribution in [0.1, 0.15) is 51.1 Å². The molecule has 0 atom stereocenters. The van der Waals surface area contributed by atoms with Crippen LogP contribution in [-0.2, 0) is 22.3 Å². The molecule has 0 unspecified atom stereocenters. The zero-order valence-corrected chi connectivity index (χ0v) is 13.5. The Bertz CT molecular complexity index is 712. The highest BCUT2D eigenvalue weighted by atomic mass is 16.5. The van der Waals surface area contributed by atoms with Crippen LogP contribution in [-0.4, -0.2) is 26.2 Å². The van der Waals surface area contributed by atoms with Crippen LogP contribution in [0.15, 0.2) is 24.3 Å². The summed E-state index contributed by atoms with van der Waals surface area (Å²) in [5, 5.41) is 1.91. The lowest BCUT2D eigenvalue weighted by molar-refractivity contribution is 0.0555. The quantitative estimate of drug-likeness (QED) is 0.627. The third-order valence-corrected chi connectivity index (χ3v) is 4.50. The molecule has 120 valence electrons. The van der Waals surface area contributed by atoms with Crippen LogP contribution >= 0.6 is 0 Å². The maximum Gasteiger partial charge on any atom is 0.338 e. The van der Waals surface area contributed by atoms with Crippen molar-refractivity contribution in [3.8, 4) is 0 Å². The van der Waals surface area contributed by atoms with Crippen molar-refractivity contribution >= 4 is 22.7 Å². The van der Waals surface area contributed by atoms with Gasteiger partial charge in [-0.3, -0.25) is 0 Å². The molecule has 2 aromatic carbocycles. The van der Waals surface area contributed by atoms with Crippen LogP contribution in [0.25, 0.3) is 10.8 Å². The number of ether oxygens (including phenoxy) is 2. The third-order valence-electron chi connectivity index (χ3n) is 4.50. The summed E-state index contributed by atoms with van der Waals surface area (Å²) in [6, 6.07) is 7.75. The Hall–Kier alpha value is -2.36. The predicted octanol–water partition coefficient (Wildman–Crippen LogP) is 3.68. The number of methoxy groups -OCH3 is 2. The van der Waals surface area contributed by atoms with Crippen molar-refractivity contribution < 1.29 is 19.1 Å². The highest BCUT2D eigenvalue weighted by Crippen LogP contribution is 2.29. The molecular formula is C19H20O4. The average Bonchev–Trinajstić information content (AvgIpc) is 2.81. The molecule has 23 heavy (non-hydrogen) atoms. The zero-order valence-electron chi connectivity index (χ0n) is 13.5. The molecule has 0 saturated heterocycles. The fourth-order valence-electron chi connectivity index (χ4n) is 3.27. The van der Waals surface area contributed by atoms with Crippen LogP contribution in [0.5, 0.6) is 0 Å². The topological polar surface area (TPSA) is 52.6 Å². The minimum atomic E-state index is -0.526. The predicted molar refractivity (Wildman–Crippen MR) is 87.9 cm³/mol. The minimum absolute atomic E-state index is 0.250. The zero-order chi connectivity index (χ0) is 16.4. The molecule has 4 heteroatoms. The first-order chi connectivity index (χ1) is 11.1. The number of esters is 2. The van der Waals surface area contributed by atoms with Gasteiger partial charge in [0.15, 0.2) is 0 Å². The Labute approximate surface area is 135 Å². The van der Waals surface area contributed by atoms with E-state index < -0.39 is 11.9 Å². The summed E-state index contributed by atoms with van der Waals surface area (Å²) in [7, 11) is 2.62. The second-order valence-electron chi connectivity index (χ2n) is 5.91. The van der Waals surface area contributed by atoms with E-state index in [0.717, 1.165) is 23.6 Å². The molecule has 0 N–H and O–H groups in total. The summed E-state index contributed by atoms with van der Waals surface area (Å²) in [5.74, 6) is -1.05. The molecule has 0 heterocycles. The van der Waals surface area contributed by atoms with E-state index in [4.69, 9.17) is 9.47 Å². The largest absolute Gasteiger partial charge is 0.465 e. The average molecular weight is 312 g/mol. The molecule has 0 radical (unpaired) electrons. The fraction of sp³-hybridized carbons (Fsp3) is 0.368. The van der Waals surface area contributed by atoms with Crippen LogP contribution in [0.3, 0.4) is 0 Å². The normalized spacial score (nSPS) is 14.0. The summed E-state index contributed by atoms with van der Waals surface area (Å²) >= 11 is 0. The maximum absolute atomic E-state index is 12.0. The molecule has 0 aliphatic heterocycles. The van der Waals surface area contributed by atoms with E-state index in [0.29, 0.717) is 0 Å². The second kappa shape index (κ2) is 6.41. The maximum atomic E-state index is 12.0. The lowest BCUT2D eigenvalue weighted by Crippen LogP contribution is -2.12. The molecule has 0 saturated carbocycles. The van der Waals surface area contributed by atoms with Gasteiger partial charge in [0.05, 0.1) is 25.3 Å². The second-order valence-corrected chi connectivity index (χ2v) is 5.91. The smallest absolute Gasteiger partial charge is 0.338 e. The molecule has 1 aliphatic carbocycles. The molecule has 0 spiro atoms. The summed E-state index contributed by atoms with van der Waals surface area (Å²) < 4.78 is 9.61. The number of rotatable bonds is 2. The monoisotopic (exact) mass is 312 g/mol. The molecule has 2 aromatic rings. The van der Waals surface area contributed by atoms with Crippen LogP contribution in [0.2, 0.25) is 0 Å². The standard InChI is InChI=1S/C19H20O4/c1-22-18(20)16-10-14-8-12-6-4-3-5-7-13(12)9-15(14)11-17(16)19(21)23-2/h8-11H,3-7H2,1-2H3. The van der Waals surface area contributed by atoms with Gasteiger partial charge in [-0.05, 0) is 59.7 Å². The molecule has 1 aliphatic rings. The van der Waals surface area contributed by atoms with Gasteiger partial charge in [-0.25, -0.2) is 9.59 Å². The van der Waals surface area contributed by atoms with E-state index in [1.165, 1.54) is 44.6 Å². The van der Waals surface area contributed by atoms with Crippen LogP contribution in [0.4, 0.5) is 0 Å². The SMILES string of the molecule is COC(=O)c1cc2cc3c(cc2cc1C(=O)OC)CCCCC3. The lowest BCUT2D eigenvalue weighted by Gasteiger charge is -2.12. The summed E-state index contributed by atoms with van der Waals surface area (Å²) in [5.41, 5.74) is 3.19. The molecular weight excluding hydrogens is 292 g/mol. The minimum Gasteiger partial charge on any atom is -0.465 e. The highest BCUT2D eigenvalue weighted by Gasteiger charge is 2.20. The van der Waals surface area contributed by atoms with Gasteiger partial charge in [0.25, 0.3) is 0 Å². The van der Waals surface area contributed by atoms with Crippen molar-refractivity contribution in [2.45, 2.75) is 32.1 Å². The molecule has 4 nitrogen and oxygen atoms in total. The number of aryl methyl sites for hydroxylation is 2. The van der Waals surface area contributed by atoms with E-state index in [-0.39, 0.29) is 11.1 Å². The molecule has 0 amide bonds. The Kier molecular flexibility index (Phi) is 4.33. The van der Waals surface area contributed by atoms with Crippen molar-refractivity contribution in [2.24, 2.45) is 0 Å². The number of carbonyl (C=O) groups is 2. The van der Waals surface area contributed by atoms with E-state index in [2.05, 4.69) is 12.1 Å². The Morgan fingerprint density at radius 3 is 1.57 bits per heavy atom. The van der Waals surface area contributed by atoms with E-state index >= 15 is 0 Å². The number of hydrogen-bond acceptors (Lipinski definition) is 4. The Morgan fingerprint density at radius 1 is 0.739 bits per heavy atom. The first-order valence-electron chi connectivity index (χ1n) is 7.90. The van der Waals surface area contributed by atoms with Gasteiger partial charge in [0, 0.05) is 0 Å². The van der Waals surface area contributed by atoms with Crippen molar-refractivity contribution in [3.63, 3.8) is 0 Å². The van der Waals surface area contributed by atoms with Gasteiger partial charge in [-0.2, -0.15) is 0 Å². The van der Waals surface area contributed by atoms with E-state index in [9.17, 15) is 9.59 Å². The van der Waals surface area contributed by atoms with Gasteiger partial charge in [0.2, 0.25) is 0 Å². The number of fused-ring (bicyclic) bond motifs is 2. The van der Waals surface area contributed by atoms with Crippen molar-refractivity contribution in [2.75, 3.05) is 14.2 Å². The Morgan fingerprint density at radius 2 is 1.17 bits per heavy atom. The molecule has 0 fully saturated rings. The van der Waals surface area contributed by atoms with Gasteiger partial charge in [-0.1, -0.05) is 18.6 Å². The van der Waals surface area contributed by atoms with Gasteiger partial charge in [-0.15, -0.1) is 0 Å². The molecule has 0 aromatic heterocycles. The van der Waals surface area contributed by atoms with Crippen molar-refractivity contribution in [1.29, 1.82) is 0 Å². The van der Waals surface area contributed by atoms with Gasteiger partial charge in [0.1, 0.15) is 0 Å². The molecule has 0 bridgehead atoms. The third kappa shape index (κ3) is 2.93. The summed E-state index contributed by atoms with van der Waals surface area (Å²) in [6.45, 7) is 0. The van der Waals surface area contributed by atoms with Crippen molar-refractivity contribution in [3.05, 3.63) is 46.5 Å². The van der Waals surface area contributed by atoms with Gasteiger partial charge < -0.3 is 9.47 Å².